The Labute approximate surface area is 242 Å². The van der Waals surface area contributed by atoms with Gasteiger partial charge in [-0.1, -0.05) is 0 Å². The highest BCUT2D eigenvalue weighted by Gasteiger charge is 2.32. The number of imide groups is 1. The topological polar surface area (TPSA) is 274 Å². The summed E-state index contributed by atoms with van der Waals surface area (Å²) in [7, 11) is 1.22. The van der Waals surface area contributed by atoms with E-state index in [1.807, 2.05) is 0 Å². The fourth-order valence-corrected chi connectivity index (χ4v) is 1.97. The molecule has 1 fully saturated rings. The Hall–Kier alpha value is -3.30. The number of methoxy groups -OCH3 is 1. The van der Waals surface area contributed by atoms with Crippen LogP contribution in [0.15, 0.2) is 0 Å². The van der Waals surface area contributed by atoms with E-state index in [-0.39, 0.29) is 85.5 Å². The molecule has 3 amide bonds. The van der Waals surface area contributed by atoms with E-state index in [1.165, 1.54) is 7.11 Å². The number of carboxylic acids is 1. The molecule has 0 aromatic carbocycles. The van der Waals surface area contributed by atoms with Gasteiger partial charge in [-0.25, -0.2) is 9.59 Å². The van der Waals surface area contributed by atoms with Crippen LogP contribution in [-0.4, -0.2) is 159 Å². The van der Waals surface area contributed by atoms with Gasteiger partial charge in [0.05, 0.1) is 60.0 Å². The van der Waals surface area contributed by atoms with Crippen LogP contribution in [-0.2, 0) is 57.3 Å². The number of aliphatic hydroxyl groups is 4. The first-order valence-corrected chi connectivity index (χ1v) is 12.4. The summed E-state index contributed by atoms with van der Waals surface area (Å²) in [5.41, 5.74) is 0. The first kappa shape index (κ1) is 43.2. The summed E-state index contributed by atoms with van der Waals surface area (Å²) >= 11 is 0. The number of nitrogens with one attached hydrogen (secondary N) is 1. The molecule has 0 aromatic rings. The number of aliphatic hydroxyl groups excluding tert-OH is 4. The van der Waals surface area contributed by atoms with Crippen molar-refractivity contribution in [3.63, 3.8) is 0 Å². The first-order chi connectivity index (χ1) is 20.0. The van der Waals surface area contributed by atoms with Gasteiger partial charge in [0.25, 0.3) is 11.8 Å². The number of esters is 1. The lowest BCUT2D eigenvalue weighted by molar-refractivity contribution is -0.200. The van der Waals surface area contributed by atoms with Crippen LogP contribution < -0.4 is 5.32 Å². The van der Waals surface area contributed by atoms with Crippen LogP contribution in [0.5, 0.6) is 0 Å². The van der Waals surface area contributed by atoms with Crippen molar-refractivity contribution in [2.75, 3.05) is 92.9 Å². The Balaban J connectivity index is -0.000000569. The fraction of sp³-hybridized carbons (Fsp3) is 0.739. The normalized spacial score (nSPS) is 11.6. The van der Waals surface area contributed by atoms with Crippen molar-refractivity contribution >= 4 is 35.6 Å². The van der Waals surface area contributed by atoms with E-state index in [1.54, 1.807) is 6.92 Å². The molecule has 19 nitrogen and oxygen atoms in total. The molecule has 42 heavy (non-hydrogen) atoms. The molecule has 0 bridgehead atoms. The van der Waals surface area contributed by atoms with Gasteiger partial charge < -0.3 is 59.4 Å². The quantitative estimate of drug-likeness (QED) is 0.0485. The molecule has 6 N–H and O–H groups in total. The number of carbonyl (C=O) groups is 6. The van der Waals surface area contributed by atoms with E-state index in [9.17, 15) is 28.8 Å². The highest BCUT2D eigenvalue weighted by molar-refractivity contribution is 6.01. The van der Waals surface area contributed by atoms with E-state index in [2.05, 4.69) is 14.9 Å². The summed E-state index contributed by atoms with van der Waals surface area (Å²) in [4.78, 5) is 68.6. The maximum atomic E-state index is 11.2. The third-order valence-corrected chi connectivity index (χ3v) is 3.66. The number of hydrogen-bond acceptors (Lipinski definition) is 16. The molecule has 0 spiro atoms. The molecule has 1 aliphatic heterocycles. The van der Waals surface area contributed by atoms with Crippen LogP contribution in [0.1, 0.15) is 19.8 Å². The molecule has 0 radical (unpaired) electrons. The molecule has 0 aromatic heterocycles. The van der Waals surface area contributed by atoms with Gasteiger partial charge >= 0.3 is 17.9 Å². The van der Waals surface area contributed by atoms with E-state index in [4.69, 9.17) is 44.5 Å². The molecule has 1 saturated heterocycles. The lowest BCUT2D eigenvalue weighted by Crippen LogP contribution is -2.33. The third-order valence-electron chi connectivity index (χ3n) is 3.66. The van der Waals surface area contributed by atoms with Crippen LogP contribution in [0, 0.1) is 0 Å². The number of aliphatic carboxylic acids is 1. The van der Waals surface area contributed by atoms with Gasteiger partial charge in [0, 0.05) is 19.4 Å². The molecule has 1 aliphatic rings. The van der Waals surface area contributed by atoms with Crippen molar-refractivity contribution < 1.29 is 82.8 Å². The Bertz CT molecular complexity index is 728. The number of ether oxygens (including phenoxy) is 5. The maximum Gasteiger partial charge on any atom is 0.358 e. The Morgan fingerprint density at radius 3 is 1.60 bits per heavy atom. The minimum atomic E-state index is -1.10. The zero-order valence-corrected chi connectivity index (χ0v) is 23.7. The average molecular weight is 619 g/mol. The second-order valence-electron chi connectivity index (χ2n) is 7.04. The van der Waals surface area contributed by atoms with Gasteiger partial charge in [-0.2, -0.15) is 0 Å². The lowest BCUT2D eigenvalue weighted by atomic mass is 10.4. The van der Waals surface area contributed by atoms with Crippen LogP contribution >= 0.6 is 0 Å². The van der Waals surface area contributed by atoms with Crippen LogP contribution in [0.2, 0.25) is 0 Å². The predicted molar refractivity (Wildman–Crippen MR) is 137 cm³/mol. The maximum absolute atomic E-state index is 11.2. The van der Waals surface area contributed by atoms with Crippen molar-refractivity contribution in [3.8, 4) is 0 Å². The molecule has 0 saturated carbocycles. The second kappa shape index (κ2) is 32.2. The zero-order chi connectivity index (χ0) is 32.6. The monoisotopic (exact) mass is 618 g/mol. The van der Waals surface area contributed by atoms with Gasteiger partial charge in [0.15, 0.2) is 0 Å². The van der Waals surface area contributed by atoms with Crippen molar-refractivity contribution in [3.05, 3.63) is 0 Å². The highest BCUT2D eigenvalue weighted by atomic mass is 16.7. The Morgan fingerprint density at radius 1 is 0.762 bits per heavy atom. The van der Waals surface area contributed by atoms with Gasteiger partial charge in [-0.05, 0) is 6.92 Å². The lowest BCUT2D eigenvalue weighted by Gasteiger charge is -2.12. The summed E-state index contributed by atoms with van der Waals surface area (Å²) in [5.74, 6) is -4.07. The highest BCUT2D eigenvalue weighted by Crippen LogP contribution is 2.11. The molecule has 0 unspecified atom stereocenters. The molecule has 1 heterocycles. The van der Waals surface area contributed by atoms with E-state index < -0.39 is 48.8 Å². The fourth-order valence-electron chi connectivity index (χ4n) is 1.97. The summed E-state index contributed by atoms with van der Waals surface area (Å²) < 4.78 is 23.5. The number of carbonyl (C=O) groups excluding carboxylic acids is 5. The number of hydrogen-bond donors (Lipinski definition) is 6. The molecular weight excluding hydrogens is 576 g/mol. The van der Waals surface area contributed by atoms with E-state index in [0.29, 0.717) is 5.06 Å². The van der Waals surface area contributed by atoms with Crippen molar-refractivity contribution in [2.45, 2.75) is 19.8 Å². The Kier molecular flexibility index (Phi) is 33.1. The standard InChI is InChI=1S/C10H15NO7.C8H15NO6.C3H6O3.C2H6O/c12-3-4-16-5-6-17-7-10(15)18-11-8(13)1-2-9(11)14;10-1-2-14-3-4-15-6-7(11)9-5-8(12)13;1-6-3(5)2-4;1-2-3/h12H,1-7H2;10H,1-6H2,(H,9,11)(H,12,13);4H,2H2,1H3;3H,2H2,1H3. The summed E-state index contributed by atoms with van der Waals surface area (Å²) in [6.07, 6.45) is 0.115. The number of amides is 3. The van der Waals surface area contributed by atoms with Crippen LogP contribution in [0.4, 0.5) is 0 Å². The van der Waals surface area contributed by atoms with Gasteiger partial charge in [-0.15, -0.1) is 5.06 Å². The molecule has 19 heteroatoms. The number of carboxylic acid groups (broad SMARTS) is 1. The van der Waals surface area contributed by atoms with E-state index in [0.717, 1.165) is 0 Å². The minimum Gasteiger partial charge on any atom is -0.480 e. The number of nitrogens with zero attached hydrogens (tertiary/aromatic N) is 1. The second-order valence-corrected chi connectivity index (χ2v) is 7.04. The summed E-state index contributed by atoms with van der Waals surface area (Å²) in [6, 6.07) is 0. The zero-order valence-electron chi connectivity index (χ0n) is 23.7. The SMILES string of the molecule is CCO.COC(=O)CO.O=C(COCCOCCO)ON1C(=O)CCC1=O.O=C(O)CNC(=O)COCCOCCO. The van der Waals surface area contributed by atoms with Crippen LogP contribution in [0.3, 0.4) is 0 Å². The molecule has 0 aliphatic carbocycles. The van der Waals surface area contributed by atoms with Gasteiger partial charge in [0.1, 0.15) is 26.4 Å². The predicted octanol–water partition coefficient (Wildman–Crippen LogP) is -4.02. The summed E-state index contributed by atoms with van der Waals surface area (Å²) in [5, 5.41) is 43.0. The minimum absolute atomic E-state index is 0.0565. The number of rotatable bonds is 18. The molecular formula is C23H42N2O17. The van der Waals surface area contributed by atoms with Gasteiger partial charge in [0.2, 0.25) is 5.91 Å². The smallest absolute Gasteiger partial charge is 0.358 e. The number of hydroxylamine groups is 2. The average Bonchev–Trinajstić information content (AvgIpc) is 3.28. The summed E-state index contributed by atoms with van der Waals surface area (Å²) in [6.45, 7) is 1.59. The van der Waals surface area contributed by atoms with Crippen molar-refractivity contribution in [2.24, 2.45) is 0 Å². The Morgan fingerprint density at radius 2 is 1.21 bits per heavy atom. The van der Waals surface area contributed by atoms with Gasteiger partial charge in [-0.3, -0.25) is 19.2 Å². The van der Waals surface area contributed by atoms with E-state index >= 15 is 0 Å². The third kappa shape index (κ3) is 31.2. The van der Waals surface area contributed by atoms with Crippen molar-refractivity contribution in [1.29, 1.82) is 0 Å². The molecule has 246 valence electrons. The molecule has 1 rings (SSSR count). The largest absolute Gasteiger partial charge is 0.480 e. The first-order valence-electron chi connectivity index (χ1n) is 12.4. The molecule has 0 atom stereocenters. The van der Waals surface area contributed by atoms with Crippen LogP contribution in [0.25, 0.3) is 0 Å². The van der Waals surface area contributed by atoms with Crippen molar-refractivity contribution in [1.82, 2.24) is 10.4 Å².